The van der Waals surface area contributed by atoms with Crippen LogP contribution in [0, 0.1) is 11.8 Å². The van der Waals surface area contributed by atoms with Crippen LogP contribution in [0.5, 0.6) is 0 Å². The van der Waals surface area contributed by atoms with Crippen LogP contribution in [0.1, 0.15) is 207 Å². The first-order valence-electron chi connectivity index (χ1n) is 19.9. The minimum atomic E-state index is 0.0768. The molecule has 1 aliphatic heterocycles. The second kappa shape index (κ2) is 29.5. The number of hydrogen-bond acceptors (Lipinski definition) is 4. The lowest BCUT2D eigenvalue weighted by atomic mass is 9.89. The molecular weight excluding hydrogens is 542 g/mol. The molecule has 1 heterocycles. The lowest BCUT2D eigenvalue weighted by Crippen LogP contribution is -2.35. The number of Topliss-reactive ketones (excluding diaryl/α,β-unsaturated/α-hetero) is 1. The van der Waals surface area contributed by atoms with E-state index < -0.39 is 0 Å². The van der Waals surface area contributed by atoms with Gasteiger partial charge in [-0.15, -0.1) is 0 Å². The van der Waals surface area contributed by atoms with Crippen molar-refractivity contribution in [2.45, 2.75) is 213 Å². The number of ether oxygens (including phenoxy) is 1. The summed E-state index contributed by atoms with van der Waals surface area (Å²) in [6.45, 7) is 8.83. The average molecular weight is 620 g/mol. The van der Waals surface area contributed by atoms with E-state index in [0.717, 1.165) is 58.0 Å². The van der Waals surface area contributed by atoms with Crippen molar-refractivity contribution in [2.75, 3.05) is 20.1 Å². The minimum Gasteiger partial charge on any atom is -0.462 e. The van der Waals surface area contributed by atoms with E-state index in [4.69, 9.17) is 4.74 Å². The Kier molecular flexibility index (Phi) is 27.6. The van der Waals surface area contributed by atoms with Gasteiger partial charge in [0.2, 0.25) is 0 Å². The van der Waals surface area contributed by atoms with Gasteiger partial charge < -0.3 is 9.64 Å². The topological polar surface area (TPSA) is 46.6 Å². The third kappa shape index (κ3) is 23.4. The van der Waals surface area contributed by atoms with Gasteiger partial charge in [0.25, 0.3) is 0 Å². The standard InChI is InChI=1S/C40H77NO3/c1-5-8-11-13-16-20-24-29-39(44-40(43)37-31-33-41(4)34-32-37)30-25-21-18-15-14-17-19-23-28-38(42)35-36(26-10-7-3)27-22-12-9-6-2/h36-37,39H,5-35H2,1-4H3. The van der Waals surface area contributed by atoms with Crippen molar-refractivity contribution >= 4 is 11.8 Å². The quantitative estimate of drug-likeness (QED) is 0.0572. The van der Waals surface area contributed by atoms with Crippen molar-refractivity contribution in [1.29, 1.82) is 0 Å². The molecule has 1 fully saturated rings. The first-order chi connectivity index (χ1) is 21.5. The van der Waals surface area contributed by atoms with E-state index in [1.54, 1.807) is 0 Å². The molecule has 0 aliphatic carbocycles. The molecule has 2 atom stereocenters. The summed E-state index contributed by atoms with van der Waals surface area (Å²) < 4.78 is 6.15. The summed E-state index contributed by atoms with van der Waals surface area (Å²) in [5.41, 5.74) is 0. The van der Waals surface area contributed by atoms with Crippen molar-refractivity contribution < 1.29 is 14.3 Å². The predicted molar refractivity (Wildman–Crippen MR) is 190 cm³/mol. The van der Waals surface area contributed by atoms with Gasteiger partial charge in [-0.25, -0.2) is 0 Å². The van der Waals surface area contributed by atoms with Crippen molar-refractivity contribution in [3.63, 3.8) is 0 Å². The second-order valence-electron chi connectivity index (χ2n) is 14.5. The Hall–Kier alpha value is -0.900. The van der Waals surface area contributed by atoms with Gasteiger partial charge in [0.05, 0.1) is 5.92 Å². The van der Waals surface area contributed by atoms with Gasteiger partial charge >= 0.3 is 5.97 Å². The van der Waals surface area contributed by atoms with Gasteiger partial charge in [0, 0.05) is 12.8 Å². The first kappa shape index (κ1) is 41.1. The summed E-state index contributed by atoms with van der Waals surface area (Å²) in [5.74, 6) is 1.33. The van der Waals surface area contributed by atoms with E-state index in [1.807, 2.05) is 0 Å². The highest BCUT2D eigenvalue weighted by atomic mass is 16.5. The first-order valence-corrected chi connectivity index (χ1v) is 19.9. The molecule has 0 N–H and O–H groups in total. The van der Waals surface area contributed by atoms with Crippen molar-refractivity contribution in [2.24, 2.45) is 11.8 Å². The number of esters is 1. The molecule has 0 spiro atoms. The van der Waals surface area contributed by atoms with Gasteiger partial charge in [0.15, 0.2) is 0 Å². The Morgan fingerprint density at radius 2 is 1.02 bits per heavy atom. The molecular formula is C40H77NO3. The summed E-state index contributed by atoms with van der Waals surface area (Å²) in [7, 11) is 2.15. The normalized spacial score (nSPS) is 15.8. The van der Waals surface area contributed by atoms with E-state index in [9.17, 15) is 9.59 Å². The van der Waals surface area contributed by atoms with Crippen molar-refractivity contribution in [3.05, 3.63) is 0 Å². The Balaban J connectivity index is 2.19. The molecule has 0 radical (unpaired) electrons. The number of rotatable bonds is 31. The monoisotopic (exact) mass is 620 g/mol. The molecule has 0 aromatic rings. The fourth-order valence-electron chi connectivity index (χ4n) is 6.98. The lowest BCUT2D eigenvalue weighted by molar-refractivity contribution is -0.156. The molecule has 0 aromatic heterocycles. The number of likely N-dealkylation sites (tertiary alicyclic amines) is 1. The second-order valence-corrected chi connectivity index (χ2v) is 14.5. The molecule has 2 unspecified atom stereocenters. The van der Waals surface area contributed by atoms with E-state index >= 15 is 0 Å². The van der Waals surface area contributed by atoms with Crippen LogP contribution in [0.3, 0.4) is 0 Å². The summed E-state index contributed by atoms with van der Waals surface area (Å²) in [4.78, 5) is 27.9. The number of nitrogens with zero attached hydrogens (tertiary/aromatic N) is 1. The summed E-state index contributed by atoms with van der Waals surface area (Å²) >= 11 is 0. The predicted octanol–water partition coefficient (Wildman–Crippen LogP) is 12.0. The Bertz CT molecular complexity index is 657. The van der Waals surface area contributed by atoms with E-state index in [1.165, 1.54) is 141 Å². The van der Waals surface area contributed by atoms with Gasteiger partial charge in [-0.3, -0.25) is 9.59 Å². The third-order valence-corrected chi connectivity index (χ3v) is 10.1. The van der Waals surface area contributed by atoms with Crippen LogP contribution in [0.2, 0.25) is 0 Å². The van der Waals surface area contributed by atoms with E-state index in [-0.39, 0.29) is 18.0 Å². The number of carbonyl (C=O) groups excluding carboxylic acids is 2. The van der Waals surface area contributed by atoms with Gasteiger partial charge in [0.1, 0.15) is 11.9 Å². The van der Waals surface area contributed by atoms with Crippen LogP contribution in [0.25, 0.3) is 0 Å². The molecule has 4 heteroatoms. The third-order valence-electron chi connectivity index (χ3n) is 10.1. The molecule has 260 valence electrons. The number of ketones is 1. The lowest BCUT2D eigenvalue weighted by Gasteiger charge is -2.29. The number of hydrogen-bond donors (Lipinski definition) is 0. The number of unbranched alkanes of at least 4 members (excludes halogenated alkanes) is 17. The van der Waals surface area contributed by atoms with Crippen LogP contribution in [0.15, 0.2) is 0 Å². The molecule has 4 nitrogen and oxygen atoms in total. The molecule has 1 rings (SSSR count). The Labute approximate surface area is 275 Å². The molecule has 44 heavy (non-hydrogen) atoms. The highest BCUT2D eigenvalue weighted by molar-refractivity contribution is 5.78. The molecule has 0 saturated carbocycles. The van der Waals surface area contributed by atoms with Crippen molar-refractivity contribution in [3.8, 4) is 0 Å². The fourth-order valence-corrected chi connectivity index (χ4v) is 6.98. The van der Waals surface area contributed by atoms with E-state index in [0.29, 0.717) is 11.7 Å². The van der Waals surface area contributed by atoms with Crippen LogP contribution >= 0.6 is 0 Å². The Morgan fingerprint density at radius 3 is 1.57 bits per heavy atom. The summed E-state index contributed by atoms with van der Waals surface area (Å²) in [6, 6.07) is 0. The molecule has 1 saturated heterocycles. The highest BCUT2D eigenvalue weighted by Crippen LogP contribution is 2.24. The average Bonchev–Trinajstić information content (AvgIpc) is 3.02. The van der Waals surface area contributed by atoms with Gasteiger partial charge in [-0.05, 0) is 71.0 Å². The largest absolute Gasteiger partial charge is 0.462 e. The highest BCUT2D eigenvalue weighted by Gasteiger charge is 2.26. The fraction of sp³-hybridized carbons (Fsp3) is 0.950. The van der Waals surface area contributed by atoms with Gasteiger partial charge in [-0.2, -0.15) is 0 Å². The SMILES string of the molecule is CCCCCCCCCC(CCCCCCCCCCC(=O)CC(CCCC)CCCCCC)OC(=O)C1CCN(C)CC1. The maximum absolute atomic E-state index is 12.9. The maximum atomic E-state index is 12.9. The van der Waals surface area contributed by atoms with E-state index in [2.05, 4.69) is 32.7 Å². The van der Waals surface area contributed by atoms with Crippen LogP contribution < -0.4 is 0 Å². The number of carbonyl (C=O) groups is 2. The molecule has 0 amide bonds. The molecule has 1 aliphatic rings. The minimum absolute atomic E-state index is 0.0768. The molecule has 0 bridgehead atoms. The summed E-state index contributed by atoms with van der Waals surface area (Å²) in [5, 5.41) is 0. The number of piperidine rings is 1. The Morgan fingerprint density at radius 1 is 0.591 bits per heavy atom. The smallest absolute Gasteiger partial charge is 0.309 e. The zero-order valence-electron chi connectivity index (χ0n) is 30.3. The van der Waals surface area contributed by atoms with Crippen LogP contribution in [-0.4, -0.2) is 42.9 Å². The zero-order valence-corrected chi connectivity index (χ0v) is 30.3. The van der Waals surface area contributed by atoms with Gasteiger partial charge in [-0.1, -0.05) is 149 Å². The van der Waals surface area contributed by atoms with Crippen LogP contribution in [0.4, 0.5) is 0 Å². The van der Waals surface area contributed by atoms with Crippen molar-refractivity contribution in [1.82, 2.24) is 4.90 Å². The summed E-state index contributed by atoms with van der Waals surface area (Å²) in [6.07, 6.45) is 35.0. The van der Waals surface area contributed by atoms with Crippen LogP contribution in [-0.2, 0) is 14.3 Å². The molecule has 0 aromatic carbocycles. The maximum Gasteiger partial charge on any atom is 0.309 e. The zero-order chi connectivity index (χ0) is 32.1.